The Morgan fingerprint density at radius 3 is 2.43 bits per heavy atom. The molecule has 0 spiro atoms. The minimum Gasteiger partial charge on any atom is -0.497 e. The Balaban J connectivity index is 1.59. The number of nitrogens with one attached hydrogen (secondary N) is 1. The lowest BCUT2D eigenvalue weighted by molar-refractivity contribution is -0.121. The van der Waals surface area contributed by atoms with E-state index in [1.807, 2.05) is 56.3 Å². The van der Waals surface area contributed by atoms with Crippen LogP contribution in [0.2, 0.25) is 0 Å². The van der Waals surface area contributed by atoms with Gasteiger partial charge in [-0.05, 0) is 67.1 Å². The molecule has 1 fully saturated rings. The van der Waals surface area contributed by atoms with Gasteiger partial charge in [0.15, 0.2) is 0 Å². The van der Waals surface area contributed by atoms with E-state index in [9.17, 15) is 9.59 Å². The minimum absolute atomic E-state index is 0.0538. The average molecular weight is 411 g/mol. The number of aryl methyl sites for hydroxylation is 1. The Hall–Kier alpha value is -3.02. The second-order valence-corrected chi connectivity index (χ2v) is 7.77. The molecule has 1 aliphatic rings. The highest BCUT2D eigenvalue weighted by Gasteiger charge is 2.31. The number of amides is 2. The first kappa shape index (κ1) is 21.7. The van der Waals surface area contributed by atoms with Crippen LogP contribution in [-0.2, 0) is 4.79 Å². The van der Waals surface area contributed by atoms with Crippen LogP contribution in [-0.4, -0.2) is 43.1 Å². The molecule has 0 aromatic heterocycles. The van der Waals surface area contributed by atoms with Gasteiger partial charge in [0, 0.05) is 25.6 Å². The molecule has 0 unspecified atom stereocenters. The van der Waals surface area contributed by atoms with Gasteiger partial charge < -0.3 is 19.7 Å². The molecule has 2 amide bonds. The summed E-state index contributed by atoms with van der Waals surface area (Å²) in [6.45, 7) is 3.88. The summed E-state index contributed by atoms with van der Waals surface area (Å²) in [4.78, 5) is 25.8. The van der Waals surface area contributed by atoms with Gasteiger partial charge in [-0.25, -0.2) is 4.79 Å². The van der Waals surface area contributed by atoms with Crippen LogP contribution in [0.15, 0.2) is 42.5 Å². The molecule has 2 aromatic rings. The number of carbonyl (C=O) groups is 2. The number of ether oxygens (including phenoxy) is 2. The standard InChI is InChI=1S/C24H30N2O4/c1-5-23(27)25-18-8-9-19(15-18)26(3)24(28)30-20-10-6-17(7-11-20)22-13-12-21(29-4)14-16(22)2/h6-7,10-14,18-19H,5,8-9,15H2,1-4H3,(H,25,27)/t18-,19+/m0/s1. The van der Waals surface area contributed by atoms with Crippen molar-refractivity contribution in [3.05, 3.63) is 48.0 Å². The van der Waals surface area contributed by atoms with Crippen LogP contribution >= 0.6 is 0 Å². The number of methoxy groups -OCH3 is 1. The molecule has 0 bridgehead atoms. The van der Waals surface area contributed by atoms with Gasteiger partial charge in [-0.3, -0.25) is 4.79 Å². The largest absolute Gasteiger partial charge is 0.497 e. The highest BCUT2D eigenvalue weighted by Crippen LogP contribution is 2.29. The van der Waals surface area contributed by atoms with Crippen LogP contribution in [0, 0.1) is 6.92 Å². The summed E-state index contributed by atoms with van der Waals surface area (Å²) in [6.07, 6.45) is 2.59. The molecule has 30 heavy (non-hydrogen) atoms. The third-order valence-corrected chi connectivity index (χ3v) is 5.73. The highest BCUT2D eigenvalue weighted by atomic mass is 16.6. The summed E-state index contributed by atoms with van der Waals surface area (Å²) in [5.74, 6) is 1.39. The van der Waals surface area contributed by atoms with Gasteiger partial charge in [0.2, 0.25) is 5.91 Å². The van der Waals surface area contributed by atoms with Crippen molar-refractivity contribution in [2.24, 2.45) is 0 Å². The van der Waals surface area contributed by atoms with Gasteiger partial charge in [0.25, 0.3) is 0 Å². The van der Waals surface area contributed by atoms with E-state index in [0.29, 0.717) is 12.2 Å². The van der Waals surface area contributed by atoms with Crippen LogP contribution < -0.4 is 14.8 Å². The first-order valence-corrected chi connectivity index (χ1v) is 10.4. The Bertz CT molecular complexity index is 895. The molecule has 6 nitrogen and oxygen atoms in total. The summed E-state index contributed by atoms with van der Waals surface area (Å²) in [5.41, 5.74) is 3.27. The van der Waals surface area contributed by atoms with Crippen molar-refractivity contribution < 1.29 is 19.1 Å². The maximum Gasteiger partial charge on any atom is 0.415 e. The molecule has 2 aromatic carbocycles. The second kappa shape index (κ2) is 9.65. The van der Waals surface area contributed by atoms with Crippen LogP contribution in [0.5, 0.6) is 11.5 Å². The maximum atomic E-state index is 12.6. The molecule has 1 N–H and O–H groups in total. The van der Waals surface area contributed by atoms with Gasteiger partial charge in [0.1, 0.15) is 11.5 Å². The first-order chi connectivity index (χ1) is 14.4. The van der Waals surface area contributed by atoms with Crippen molar-refractivity contribution in [1.29, 1.82) is 0 Å². The van der Waals surface area contributed by atoms with Crippen LogP contribution in [0.4, 0.5) is 4.79 Å². The average Bonchev–Trinajstić information content (AvgIpc) is 3.22. The molecule has 1 aliphatic carbocycles. The molecule has 0 saturated heterocycles. The molecule has 3 rings (SSSR count). The fraction of sp³-hybridized carbons (Fsp3) is 0.417. The van der Waals surface area contributed by atoms with Gasteiger partial charge in [-0.15, -0.1) is 0 Å². The fourth-order valence-electron chi connectivity index (χ4n) is 3.88. The molecule has 0 radical (unpaired) electrons. The van der Waals surface area contributed by atoms with E-state index in [-0.39, 0.29) is 24.1 Å². The lowest BCUT2D eigenvalue weighted by atomic mass is 10.0. The van der Waals surface area contributed by atoms with E-state index in [1.165, 1.54) is 0 Å². The summed E-state index contributed by atoms with van der Waals surface area (Å²) in [5, 5.41) is 3.01. The molecule has 0 aliphatic heterocycles. The van der Waals surface area contributed by atoms with E-state index in [0.717, 1.165) is 41.7 Å². The summed E-state index contributed by atoms with van der Waals surface area (Å²) in [7, 11) is 3.41. The number of hydrogen-bond acceptors (Lipinski definition) is 4. The fourth-order valence-corrected chi connectivity index (χ4v) is 3.88. The molecule has 1 saturated carbocycles. The number of carbonyl (C=O) groups excluding carboxylic acids is 2. The molecule has 6 heteroatoms. The molecular formula is C24H30N2O4. The zero-order chi connectivity index (χ0) is 21.7. The van der Waals surface area contributed by atoms with Gasteiger partial charge in [-0.1, -0.05) is 25.1 Å². The van der Waals surface area contributed by atoms with Gasteiger partial charge in [-0.2, -0.15) is 0 Å². The zero-order valence-corrected chi connectivity index (χ0v) is 18.1. The first-order valence-electron chi connectivity index (χ1n) is 10.4. The van der Waals surface area contributed by atoms with Crippen molar-refractivity contribution in [1.82, 2.24) is 10.2 Å². The Morgan fingerprint density at radius 1 is 1.10 bits per heavy atom. The number of hydrogen-bond donors (Lipinski definition) is 1. The van der Waals surface area contributed by atoms with Crippen LogP contribution in [0.25, 0.3) is 11.1 Å². The van der Waals surface area contributed by atoms with Crippen molar-refractivity contribution in [3.8, 4) is 22.6 Å². The monoisotopic (exact) mass is 410 g/mol. The lowest BCUT2D eigenvalue weighted by Gasteiger charge is -2.24. The number of rotatable bonds is 6. The van der Waals surface area contributed by atoms with E-state index < -0.39 is 0 Å². The van der Waals surface area contributed by atoms with Gasteiger partial charge >= 0.3 is 6.09 Å². The molecule has 2 atom stereocenters. The lowest BCUT2D eigenvalue weighted by Crippen LogP contribution is -2.39. The van der Waals surface area contributed by atoms with Crippen molar-refractivity contribution in [2.45, 2.75) is 51.6 Å². The Labute approximate surface area is 178 Å². The van der Waals surface area contributed by atoms with Crippen molar-refractivity contribution >= 4 is 12.0 Å². The molecule has 0 heterocycles. The van der Waals surface area contributed by atoms with E-state index in [2.05, 4.69) is 5.32 Å². The smallest absolute Gasteiger partial charge is 0.415 e. The molecular weight excluding hydrogens is 380 g/mol. The second-order valence-electron chi connectivity index (χ2n) is 7.77. The zero-order valence-electron chi connectivity index (χ0n) is 18.1. The van der Waals surface area contributed by atoms with Gasteiger partial charge in [0.05, 0.1) is 7.11 Å². The van der Waals surface area contributed by atoms with Crippen LogP contribution in [0.1, 0.15) is 38.2 Å². The Morgan fingerprint density at radius 2 is 1.80 bits per heavy atom. The normalized spacial score (nSPS) is 18.0. The predicted molar refractivity (Wildman–Crippen MR) is 117 cm³/mol. The topological polar surface area (TPSA) is 67.9 Å². The van der Waals surface area contributed by atoms with E-state index in [1.54, 1.807) is 19.1 Å². The maximum absolute atomic E-state index is 12.6. The molecule has 160 valence electrons. The third kappa shape index (κ3) is 5.12. The predicted octanol–water partition coefficient (Wildman–Crippen LogP) is 4.55. The van der Waals surface area contributed by atoms with Crippen LogP contribution in [0.3, 0.4) is 0 Å². The quantitative estimate of drug-likeness (QED) is 0.759. The number of nitrogens with zero attached hydrogens (tertiary/aromatic N) is 1. The van der Waals surface area contributed by atoms with E-state index in [4.69, 9.17) is 9.47 Å². The summed E-state index contributed by atoms with van der Waals surface area (Å²) >= 11 is 0. The summed E-state index contributed by atoms with van der Waals surface area (Å²) in [6, 6.07) is 13.7. The van der Waals surface area contributed by atoms with E-state index >= 15 is 0 Å². The number of benzene rings is 2. The Kier molecular flexibility index (Phi) is 6.98. The highest BCUT2D eigenvalue weighted by molar-refractivity contribution is 5.76. The van der Waals surface area contributed by atoms with Crippen molar-refractivity contribution in [3.63, 3.8) is 0 Å². The summed E-state index contributed by atoms with van der Waals surface area (Å²) < 4.78 is 10.8. The van der Waals surface area contributed by atoms with Crippen molar-refractivity contribution in [2.75, 3.05) is 14.2 Å². The minimum atomic E-state index is -0.379. The SMILES string of the molecule is CCC(=O)N[C@H]1CC[C@@H](N(C)C(=O)Oc2ccc(-c3ccc(OC)cc3C)cc2)C1. The third-order valence-electron chi connectivity index (χ3n) is 5.73.